The summed E-state index contributed by atoms with van der Waals surface area (Å²) in [5, 5.41) is 8.63. The molecule has 0 bridgehead atoms. The standard InChI is InChI=1S/C35H39N5O6/c1-35(2,3)30(41)21-40-29-17-8-7-16-28(29)39(31(42)26-15-10-18-36-26)20-27(32(40)43)38-34(45)37-25-14-9-13-24(19-25)33(44)46-22-23-11-5-4-6-12-23/h4-9,11-14,16-17,19,26-27,36H,10,15,18,20-22H2,1-3H3,(H2,37,38,45)/t26-,27?/m0/s1. The van der Waals surface area contributed by atoms with E-state index >= 15 is 0 Å². The van der Waals surface area contributed by atoms with Crippen LogP contribution in [0.25, 0.3) is 0 Å². The number of nitrogens with one attached hydrogen (secondary N) is 3. The highest BCUT2D eigenvalue weighted by Crippen LogP contribution is 2.34. The fourth-order valence-electron chi connectivity index (χ4n) is 5.39. The number of fused-ring (bicyclic) bond motifs is 1. The molecule has 0 aliphatic carbocycles. The van der Waals surface area contributed by atoms with E-state index in [-0.39, 0.29) is 37.0 Å². The van der Waals surface area contributed by atoms with Gasteiger partial charge in [0.25, 0.3) is 5.91 Å². The van der Waals surface area contributed by atoms with Gasteiger partial charge in [0, 0.05) is 11.1 Å². The summed E-state index contributed by atoms with van der Waals surface area (Å²) in [5.74, 6) is -1.46. The molecule has 46 heavy (non-hydrogen) atoms. The van der Waals surface area contributed by atoms with Crippen LogP contribution in [0.1, 0.15) is 49.5 Å². The summed E-state index contributed by atoms with van der Waals surface area (Å²) in [7, 11) is 0. The molecule has 2 aliphatic rings. The molecule has 1 unspecified atom stereocenters. The van der Waals surface area contributed by atoms with E-state index < -0.39 is 35.4 Å². The smallest absolute Gasteiger partial charge is 0.338 e. The number of hydrogen-bond donors (Lipinski definition) is 3. The number of carbonyl (C=O) groups excluding carboxylic acids is 5. The van der Waals surface area contributed by atoms with Crippen LogP contribution in [0.4, 0.5) is 21.9 Å². The Hall–Kier alpha value is -5.03. The molecule has 3 aromatic rings. The zero-order valence-corrected chi connectivity index (χ0v) is 26.2. The van der Waals surface area contributed by atoms with Crippen LogP contribution in [0.2, 0.25) is 0 Å². The van der Waals surface area contributed by atoms with Gasteiger partial charge in [0.15, 0.2) is 5.78 Å². The number of para-hydroxylation sites is 2. The number of carbonyl (C=O) groups is 5. The van der Waals surface area contributed by atoms with E-state index in [4.69, 9.17) is 4.74 Å². The molecule has 1 fully saturated rings. The van der Waals surface area contributed by atoms with Gasteiger partial charge in [-0.1, -0.05) is 69.3 Å². The van der Waals surface area contributed by atoms with Crippen LogP contribution in [-0.4, -0.2) is 61.3 Å². The number of urea groups is 1. The van der Waals surface area contributed by atoms with E-state index in [1.165, 1.54) is 15.9 Å². The second kappa shape index (κ2) is 13.9. The molecule has 3 N–H and O–H groups in total. The van der Waals surface area contributed by atoms with Crippen molar-refractivity contribution in [2.24, 2.45) is 5.41 Å². The second-order valence-electron chi connectivity index (χ2n) is 12.5. The van der Waals surface area contributed by atoms with Gasteiger partial charge in [0.1, 0.15) is 12.6 Å². The lowest BCUT2D eigenvalue weighted by molar-refractivity contribution is -0.127. The van der Waals surface area contributed by atoms with Gasteiger partial charge in [-0.15, -0.1) is 0 Å². The Morgan fingerprint density at radius 2 is 1.65 bits per heavy atom. The van der Waals surface area contributed by atoms with E-state index in [9.17, 15) is 24.0 Å². The first-order chi connectivity index (χ1) is 22.0. The first-order valence-corrected chi connectivity index (χ1v) is 15.4. The van der Waals surface area contributed by atoms with E-state index in [2.05, 4.69) is 16.0 Å². The van der Waals surface area contributed by atoms with Gasteiger partial charge >= 0.3 is 12.0 Å². The lowest BCUT2D eigenvalue weighted by Gasteiger charge is -2.28. The summed E-state index contributed by atoms with van der Waals surface area (Å²) >= 11 is 0. The Morgan fingerprint density at radius 1 is 0.935 bits per heavy atom. The molecule has 2 atom stereocenters. The number of nitrogens with zero attached hydrogens (tertiary/aromatic N) is 2. The third kappa shape index (κ3) is 7.60. The summed E-state index contributed by atoms with van der Waals surface area (Å²) in [5.41, 5.74) is 1.57. The predicted octanol–water partition coefficient (Wildman–Crippen LogP) is 4.28. The number of esters is 1. The molecule has 0 saturated carbocycles. The maximum Gasteiger partial charge on any atom is 0.338 e. The molecule has 4 amide bonds. The van der Waals surface area contributed by atoms with Crippen LogP contribution >= 0.6 is 0 Å². The fourth-order valence-corrected chi connectivity index (χ4v) is 5.39. The number of Topliss-reactive ketones (excluding diaryl/α,β-unsaturated/α-hetero) is 1. The van der Waals surface area contributed by atoms with E-state index in [0.29, 0.717) is 30.0 Å². The summed E-state index contributed by atoms with van der Waals surface area (Å²) < 4.78 is 5.41. The lowest BCUT2D eigenvalue weighted by atomic mass is 9.90. The maximum absolute atomic E-state index is 14.1. The highest BCUT2D eigenvalue weighted by molar-refractivity contribution is 6.11. The van der Waals surface area contributed by atoms with Gasteiger partial charge in [-0.25, -0.2) is 9.59 Å². The highest BCUT2D eigenvalue weighted by Gasteiger charge is 2.40. The quantitative estimate of drug-likeness (QED) is 0.318. The van der Waals surface area contributed by atoms with Gasteiger partial charge in [-0.2, -0.15) is 0 Å². The number of ketones is 1. The number of rotatable bonds is 8. The molecule has 0 aromatic heterocycles. The van der Waals surface area contributed by atoms with Gasteiger partial charge in [0.05, 0.1) is 36.1 Å². The number of amides is 4. The van der Waals surface area contributed by atoms with Crippen LogP contribution in [0.3, 0.4) is 0 Å². The normalized spacial score (nSPS) is 17.9. The topological polar surface area (TPSA) is 137 Å². The van der Waals surface area contributed by atoms with Crippen molar-refractivity contribution in [3.05, 3.63) is 90.0 Å². The van der Waals surface area contributed by atoms with Crippen molar-refractivity contribution >= 4 is 46.7 Å². The lowest BCUT2D eigenvalue weighted by Crippen LogP contribution is -2.56. The Kier molecular flexibility index (Phi) is 9.81. The zero-order valence-electron chi connectivity index (χ0n) is 26.2. The Labute approximate surface area is 268 Å². The molecule has 11 heteroatoms. The Balaban J connectivity index is 1.36. The minimum atomic E-state index is -1.18. The van der Waals surface area contributed by atoms with Crippen molar-refractivity contribution in [3.8, 4) is 0 Å². The monoisotopic (exact) mass is 625 g/mol. The predicted molar refractivity (Wildman–Crippen MR) is 175 cm³/mol. The SMILES string of the molecule is CC(C)(C)C(=O)CN1C(=O)C(NC(=O)Nc2cccc(C(=O)OCc3ccccc3)c2)CN(C(=O)[C@@H]2CCCN2)c2ccccc21. The van der Waals surface area contributed by atoms with E-state index in [0.717, 1.165) is 12.0 Å². The number of benzene rings is 3. The maximum atomic E-state index is 14.1. The van der Waals surface area contributed by atoms with E-state index in [1.807, 2.05) is 30.3 Å². The average molecular weight is 626 g/mol. The molecule has 3 aromatic carbocycles. The molecule has 0 radical (unpaired) electrons. The molecule has 240 valence electrons. The van der Waals surface area contributed by atoms with Crippen LogP contribution in [0.15, 0.2) is 78.9 Å². The second-order valence-corrected chi connectivity index (χ2v) is 12.5. The zero-order chi connectivity index (χ0) is 32.8. The van der Waals surface area contributed by atoms with Crippen molar-refractivity contribution in [1.82, 2.24) is 10.6 Å². The van der Waals surface area contributed by atoms with Crippen molar-refractivity contribution < 1.29 is 28.7 Å². The molecular formula is C35H39N5O6. The number of ether oxygens (including phenoxy) is 1. The minimum Gasteiger partial charge on any atom is -0.457 e. The summed E-state index contributed by atoms with van der Waals surface area (Å²) in [6.07, 6.45) is 1.50. The summed E-state index contributed by atoms with van der Waals surface area (Å²) in [4.78, 5) is 70.0. The summed E-state index contributed by atoms with van der Waals surface area (Å²) in [6, 6.07) is 20.2. The van der Waals surface area contributed by atoms with Crippen LogP contribution in [0.5, 0.6) is 0 Å². The van der Waals surface area contributed by atoms with Crippen molar-refractivity contribution in [3.63, 3.8) is 0 Å². The molecule has 5 rings (SSSR count). The molecule has 11 nitrogen and oxygen atoms in total. The van der Waals surface area contributed by atoms with Gasteiger partial charge in [0.2, 0.25) is 5.91 Å². The fraction of sp³-hybridized carbons (Fsp3) is 0.343. The molecular weight excluding hydrogens is 586 g/mol. The first kappa shape index (κ1) is 32.4. The minimum absolute atomic E-state index is 0.101. The van der Waals surface area contributed by atoms with Gasteiger partial charge in [-0.05, 0) is 55.3 Å². The largest absolute Gasteiger partial charge is 0.457 e. The average Bonchev–Trinajstić information content (AvgIpc) is 3.56. The third-order valence-corrected chi connectivity index (χ3v) is 8.03. The van der Waals surface area contributed by atoms with E-state index in [1.54, 1.807) is 63.2 Å². The van der Waals surface area contributed by atoms with Crippen molar-refractivity contribution in [2.75, 3.05) is 34.8 Å². The number of anilines is 3. The molecule has 2 aliphatic heterocycles. The van der Waals surface area contributed by atoms with Crippen molar-refractivity contribution in [2.45, 2.75) is 52.3 Å². The Bertz CT molecular complexity index is 1610. The molecule has 1 saturated heterocycles. The third-order valence-electron chi connectivity index (χ3n) is 8.03. The van der Waals surface area contributed by atoms with Crippen molar-refractivity contribution in [1.29, 1.82) is 0 Å². The van der Waals surface area contributed by atoms with Gasteiger partial charge < -0.3 is 30.5 Å². The van der Waals surface area contributed by atoms with Crippen LogP contribution in [0, 0.1) is 5.41 Å². The Morgan fingerprint density at radius 3 is 2.35 bits per heavy atom. The highest BCUT2D eigenvalue weighted by atomic mass is 16.5. The number of hydrogen-bond acceptors (Lipinski definition) is 7. The van der Waals surface area contributed by atoms with Crippen LogP contribution < -0.4 is 25.8 Å². The molecule has 2 heterocycles. The van der Waals surface area contributed by atoms with Gasteiger partial charge in [-0.3, -0.25) is 14.4 Å². The van der Waals surface area contributed by atoms with Crippen LogP contribution in [-0.2, 0) is 25.7 Å². The molecule has 0 spiro atoms. The first-order valence-electron chi connectivity index (χ1n) is 15.4. The summed E-state index contributed by atoms with van der Waals surface area (Å²) in [6.45, 7) is 5.78.